The second-order valence-electron chi connectivity index (χ2n) is 3.68. The van der Waals surface area contributed by atoms with Crippen LogP contribution in [-0.4, -0.2) is 26.3 Å². The Morgan fingerprint density at radius 3 is 2.60 bits per heavy atom. The SMILES string of the molecule is CO[C@H]1CCNCC1(C)C. The van der Waals surface area contributed by atoms with E-state index >= 15 is 0 Å². The van der Waals surface area contributed by atoms with Gasteiger partial charge in [-0.2, -0.15) is 0 Å². The molecule has 0 aliphatic carbocycles. The van der Waals surface area contributed by atoms with Crippen LogP contribution in [0.2, 0.25) is 0 Å². The van der Waals surface area contributed by atoms with Crippen LogP contribution < -0.4 is 5.32 Å². The third-order valence-corrected chi connectivity index (χ3v) is 2.32. The predicted molar refractivity (Wildman–Crippen MR) is 42.1 cm³/mol. The quantitative estimate of drug-likeness (QED) is 0.591. The van der Waals surface area contributed by atoms with Gasteiger partial charge < -0.3 is 10.1 Å². The van der Waals surface area contributed by atoms with E-state index in [0.29, 0.717) is 11.5 Å². The molecule has 1 atom stereocenters. The Kier molecular flexibility index (Phi) is 2.32. The summed E-state index contributed by atoms with van der Waals surface area (Å²) in [5.74, 6) is 0. The summed E-state index contributed by atoms with van der Waals surface area (Å²) < 4.78 is 5.37. The Balaban J connectivity index is 2.51. The Morgan fingerprint density at radius 1 is 1.50 bits per heavy atom. The molecule has 0 aromatic rings. The Labute approximate surface area is 63.0 Å². The van der Waals surface area contributed by atoms with Gasteiger partial charge in [0.15, 0.2) is 0 Å². The average molecular weight is 143 g/mol. The number of ether oxygens (including phenoxy) is 1. The van der Waals surface area contributed by atoms with Crippen molar-refractivity contribution in [2.24, 2.45) is 5.41 Å². The fraction of sp³-hybridized carbons (Fsp3) is 1.00. The van der Waals surface area contributed by atoms with Gasteiger partial charge in [-0.3, -0.25) is 0 Å². The summed E-state index contributed by atoms with van der Waals surface area (Å²) in [6.45, 7) is 6.66. The second kappa shape index (κ2) is 2.89. The molecule has 2 heteroatoms. The molecule has 0 unspecified atom stereocenters. The summed E-state index contributed by atoms with van der Waals surface area (Å²) in [6, 6.07) is 0. The molecule has 1 saturated heterocycles. The molecule has 1 fully saturated rings. The van der Waals surface area contributed by atoms with Crippen LogP contribution in [-0.2, 0) is 4.74 Å². The lowest BCUT2D eigenvalue weighted by atomic mass is 9.82. The van der Waals surface area contributed by atoms with Gasteiger partial charge in [-0.15, -0.1) is 0 Å². The molecule has 60 valence electrons. The van der Waals surface area contributed by atoms with E-state index in [1.165, 1.54) is 0 Å². The number of nitrogens with one attached hydrogen (secondary N) is 1. The van der Waals surface area contributed by atoms with Gasteiger partial charge in [0.05, 0.1) is 6.10 Å². The lowest BCUT2D eigenvalue weighted by Crippen LogP contribution is -2.46. The first-order valence-corrected chi connectivity index (χ1v) is 3.90. The second-order valence-corrected chi connectivity index (χ2v) is 3.68. The van der Waals surface area contributed by atoms with Crippen LogP contribution in [0.15, 0.2) is 0 Å². The van der Waals surface area contributed by atoms with Gasteiger partial charge in [-0.05, 0) is 13.0 Å². The number of hydrogen-bond donors (Lipinski definition) is 1. The van der Waals surface area contributed by atoms with E-state index in [0.717, 1.165) is 19.5 Å². The van der Waals surface area contributed by atoms with Crippen LogP contribution in [0, 0.1) is 5.41 Å². The molecule has 1 rings (SSSR count). The summed E-state index contributed by atoms with van der Waals surface area (Å²) in [6.07, 6.45) is 1.58. The van der Waals surface area contributed by atoms with Gasteiger partial charge in [0.25, 0.3) is 0 Å². The van der Waals surface area contributed by atoms with Crippen LogP contribution in [0.1, 0.15) is 20.3 Å². The van der Waals surface area contributed by atoms with Crippen LogP contribution in [0.4, 0.5) is 0 Å². The zero-order valence-corrected chi connectivity index (χ0v) is 7.11. The van der Waals surface area contributed by atoms with Crippen molar-refractivity contribution in [1.29, 1.82) is 0 Å². The Morgan fingerprint density at radius 2 is 2.20 bits per heavy atom. The molecular weight excluding hydrogens is 126 g/mol. The minimum Gasteiger partial charge on any atom is -0.381 e. The lowest BCUT2D eigenvalue weighted by molar-refractivity contribution is -0.0136. The normalized spacial score (nSPS) is 32.1. The molecule has 10 heavy (non-hydrogen) atoms. The molecule has 0 aromatic carbocycles. The predicted octanol–water partition coefficient (Wildman–Crippen LogP) is 1.02. The molecule has 1 N–H and O–H groups in total. The molecule has 0 radical (unpaired) electrons. The van der Waals surface area contributed by atoms with Crippen molar-refractivity contribution in [3.63, 3.8) is 0 Å². The van der Waals surface area contributed by atoms with Gasteiger partial charge >= 0.3 is 0 Å². The molecule has 0 spiro atoms. The number of piperidine rings is 1. The van der Waals surface area contributed by atoms with Crippen molar-refractivity contribution >= 4 is 0 Å². The van der Waals surface area contributed by atoms with Crippen LogP contribution >= 0.6 is 0 Å². The maximum absolute atomic E-state index is 5.37. The largest absolute Gasteiger partial charge is 0.381 e. The van der Waals surface area contributed by atoms with Gasteiger partial charge in [-0.25, -0.2) is 0 Å². The minimum absolute atomic E-state index is 0.312. The zero-order valence-electron chi connectivity index (χ0n) is 7.11. The van der Waals surface area contributed by atoms with Crippen molar-refractivity contribution in [3.8, 4) is 0 Å². The highest BCUT2D eigenvalue weighted by atomic mass is 16.5. The van der Waals surface area contributed by atoms with Gasteiger partial charge in [0.2, 0.25) is 0 Å². The zero-order chi connectivity index (χ0) is 7.61. The fourth-order valence-corrected chi connectivity index (χ4v) is 1.59. The molecule has 1 heterocycles. The third-order valence-electron chi connectivity index (χ3n) is 2.32. The monoisotopic (exact) mass is 143 g/mol. The third kappa shape index (κ3) is 1.50. The van der Waals surface area contributed by atoms with Crippen LogP contribution in [0.3, 0.4) is 0 Å². The lowest BCUT2D eigenvalue weighted by Gasteiger charge is -2.37. The van der Waals surface area contributed by atoms with Crippen molar-refractivity contribution in [2.75, 3.05) is 20.2 Å². The Bertz CT molecular complexity index is 112. The van der Waals surface area contributed by atoms with Crippen molar-refractivity contribution in [1.82, 2.24) is 5.32 Å². The molecule has 0 aromatic heterocycles. The fourth-order valence-electron chi connectivity index (χ4n) is 1.59. The smallest absolute Gasteiger partial charge is 0.0646 e. The van der Waals surface area contributed by atoms with E-state index < -0.39 is 0 Å². The van der Waals surface area contributed by atoms with Crippen molar-refractivity contribution in [3.05, 3.63) is 0 Å². The summed E-state index contributed by atoms with van der Waals surface area (Å²) in [4.78, 5) is 0. The Hall–Kier alpha value is -0.0800. The van der Waals surface area contributed by atoms with Gasteiger partial charge in [0.1, 0.15) is 0 Å². The summed E-state index contributed by atoms with van der Waals surface area (Å²) in [5.41, 5.74) is 0.312. The summed E-state index contributed by atoms with van der Waals surface area (Å²) in [7, 11) is 1.80. The topological polar surface area (TPSA) is 21.3 Å². The van der Waals surface area contributed by atoms with E-state index in [1.54, 1.807) is 7.11 Å². The molecule has 0 amide bonds. The van der Waals surface area contributed by atoms with Crippen LogP contribution in [0.25, 0.3) is 0 Å². The standard InChI is InChI=1S/C8H17NO/c1-8(2)6-9-5-4-7(8)10-3/h7,9H,4-6H2,1-3H3/t7-/m0/s1. The van der Waals surface area contributed by atoms with Gasteiger partial charge in [0, 0.05) is 19.1 Å². The maximum atomic E-state index is 5.37. The summed E-state index contributed by atoms with van der Waals surface area (Å²) >= 11 is 0. The maximum Gasteiger partial charge on any atom is 0.0646 e. The summed E-state index contributed by atoms with van der Waals surface area (Å²) in [5, 5.41) is 3.36. The van der Waals surface area contributed by atoms with Crippen LogP contribution in [0.5, 0.6) is 0 Å². The molecule has 1 aliphatic heterocycles. The molecule has 2 nitrogen and oxygen atoms in total. The highest BCUT2D eigenvalue weighted by Crippen LogP contribution is 2.26. The first-order valence-electron chi connectivity index (χ1n) is 3.90. The number of hydrogen-bond acceptors (Lipinski definition) is 2. The van der Waals surface area contributed by atoms with E-state index in [2.05, 4.69) is 19.2 Å². The van der Waals surface area contributed by atoms with Crippen molar-refractivity contribution < 1.29 is 4.74 Å². The molecule has 1 aliphatic rings. The molecule has 0 saturated carbocycles. The van der Waals surface area contributed by atoms with E-state index in [4.69, 9.17) is 4.74 Å². The molecule has 0 bridgehead atoms. The highest BCUT2D eigenvalue weighted by Gasteiger charge is 2.31. The average Bonchev–Trinajstić information content (AvgIpc) is 1.87. The first-order chi connectivity index (χ1) is 4.67. The van der Waals surface area contributed by atoms with E-state index in [-0.39, 0.29) is 0 Å². The molecular formula is C8H17NO. The minimum atomic E-state index is 0.312. The highest BCUT2D eigenvalue weighted by molar-refractivity contribution is 4.85. The first kappa shape index (κ1) is 8.02. The van der Waals surface area contributed by atoms with Gasteiger partial charge in [-0.1, -0.05) is 13.8 Å². The number of rotatable bonds is 1. The number of methoxy groups -OCH3 is 1. The van der Waals surface area contributed by atoms with E-state index in [9.17, 15) is 0 Å². The van der Waals surface area contributed by atoms with E-state index in [1.807, 2.05) is 0 Å². The van der Waals surface area contributed by atoms with Crippen molar-refractivity contribution in [2.45, 2.75) is 26.4 Å².